The third kappa shape index (κ3) is 3.46. The van der Waals surface area contributed by atoms with Crippen LogP contribution in [-0.4, -0.2) is 62.0 Å². The molecule has 3 unspecified atom stereocenters. The van der Waals surface area contributed by atoms with Gasteiger partial charge in [-0.25, -0.2) is 0 Å². The van der Waals surface area contributed by atoms with E-state index in [1.54, 1.807) is 4.31 Å². The maximum absolute atomic E-state index is 12.6. The fraction of sp³-hybridized carbons (Fsp3) is 1.00. The van der Waals surface area contributed by atoms with Gasteiger partial charge in [-0.05, 0) is 25.7 Å². The van der Waals surface area contributed by atoms with Gasteiger partial charge in [-0.1, -0.05) is 6.92 Å². The summed E-state index contributed by atoms with van der Waals surface area (Å²) in [7, 11) is -3.36. The van der Waals surface area contributed by atoms with Crippen LogP contribution >= 0.6 is 0 Å². The maximum atomic E-state index is 12.6. The van der Waals surface area contributed by atoms with Gasteiger partial charge in [0.1, 0.15) is 0 Å². The third-order valence-corrected chi connectivity index (χ3v) is 5.76. The highest BCUT2D eigenvalue weighted by atomic mass is 32.2. The van der Waals surface area contributed by atoms with Crippen molar-refractivity contribution in [3.05, 3.63) is 0 Å². The number of piperidine rings is 1. The zero-order valence-electron chi connectivity index (χ0n) is 11.8. The average molecular weight is 291 g/mol. The minimum absolute atomic E-state index is 0.0979. The molecule has 0 amide bonds. The molecule has 2 rings (SSSR count). The summed E-state index contributed by atoms with van der Waals surface area (Å²) in [6, 6.07) is 0. The fourth-order valence-electron chi connectivity index (χ4n) is 2.84. The van der Waals surface area contributed by atoms with Gasteiger partial charge < -0.3 is 10.5 Å². The molecule has 2 heterocycles. The molecule has 0 aromatic rings. The lowest BCUT2D eigenvalue weighted by Gasteiger charge is -2.39. The first kappa shape index (κ1) is 15.2. The third-order valence-electron chi connectivity index (χ3n) is 3.83. The summed E-state index contributed by atoms with van der Waals surface area (Å²) in [6.45, 7) is 6.40. The molecular weight excluding hydrogens is 266 g/mol. The van der Waals surface area contributed by atoms with Crippen LogP contribution in [0.3, 0.4) is 0 Å². The van der Waals surface area contributed by atoms with E-state index in [2.05, 4.69) is 6.92 Å². The van der Waals surface area contributed by atoms with E-state index in [9.17, 15) is 8.42 Å². The Labute approximate surface area is 116 Å². The van der Waals surface area contributed by atoms with Crippen molar-refractivity contribution < 1.29 is 13.2 Å². The van der Waals surface area contributed by atoms with Crippen molar-refractivity contribution in [3.8, 4) is 0 Å². The van der Waals surface area contributed by atoms with Crippen molar-refractivity contribution in [2.45, 2.75) is 38.9 Å². The highest BCUT2D eigenvalue weighted by Gasteiger charge is 2.37. The molecule has 112 valence electrons. The van der Waals surface area contributed by atoms with E-state index in [4.69, 9.17) is 10.5 Å². The second-order valence-electron chi connectivity index (χ2n) is 5.73. The topological polar surface area (TPSA) is 75.9 Å². The van der Waals surface area contributed by atoms with Crippen LogP contribution < -0.4 is 5.73 Å². The van der Waals surface area contributed by atoms with Crippen LogP contribution in [-0.2, 0) is 14.9 Å². The molecule has 0 spiro atoms. The standard InChI is InChI=1S/C12H25N3O3S/c1-10-4-3-5-14(7-10)19(16,17)15-8-11(2)18-12(6-13)9-15/h10-12H,3-9,13H2,1-2H3. The van der Waals surface area contributed by atoms with Crippen LogP contribution in [0.5, 0.6) is 0 Å². The van der Waals surface area contributed by atoms with Crippen molar-refractivity contribution >= 4 is 10.2 Å². The first-order valence-corrected chi connectivity index (χ1v) is 8.44. The maximum Gasteiger partial charge on any atom is 0.282 e. The Morgan fingerprint density at radius 3 is 2.58 bits per heavy atom. The van der Waals surface area contributed by atoms with Crippen molar-refractivity contribution in [2.75, 3.05) is 32.7 Å². The predicted molar refractivity (Wildman–Crippen MR) is 73.9 cm³/mol. The quantitative estimate of drug-likeness (QED) is 0.795. The fourth-order valence-corrected chi connectivity index (χ4v) is 4.72. The smallest absolute Gasteiger partial charge is 0.282 e. The predicted octanol–water partition coefficient (Wildman–Crippen LogP) is 0.0111. The van der Waals surface area contributed by atoms with E-state index in [1.807, 2.05) is 6.92 Å². The van der Waals surface area contributed by atoms with Gasteiger partial charge in [-0.15, -0.1) is 0 Å². The molecule has 0 aliphatic carbocycles. The van der Waals surface area contributed by atoms with E-state index in [-0.39, 0.29) is 12.2 Å². The minimum atomic E-state index is -3.36. The number of nitrogens with zero attached hydrogens (tertiary/aromatic N) is 2. The Bertz CT molecular complexity index is 401. The zero-order chi connectivity index (χ0) is 14.0. The number of ether oxygens (including phenoxy) is 1. The van der Waals surface area contributed by atoms with Crippen LogP contribution in [0.4, 0.5) is 0 Å². The number of morpholine rings is 1. The summed E-state index contributed by atoms with van der Waals surface area (Å²) in [5.74, 6) is 0.437. The molecule has 2 fully saturated rings. The monoisotopic (exact) mass is 291 g/mol. The number of hydrogen-bond acceptors (Lipinski definition) is 4. The molecule has 0 aromatic carbocycles. The van der Waals surface area contributed by atoms with Crippen LogP contribution in [0.1, 0.15) is 26.7 Å². The van der Waals surface area contributed by atoms with Gasteiger partial charge in [0.15, 0.2) is 0 Å². The van der Waals surface area contributed by atoms with E-state index >= 15 is 0 Å². The molecule has 7 heteroatoms. The summed E-state index contributed by atoms with van der Waals surface area (Å²) in [6.07, 6.45) is 1.76. The van der Waals surface area contributed by atoms with E-state index in [1.165, 1.54) is 4.31 Å². The van der Waals surface area contributed by atoms with Gasteiger partial charge in [-0.3, -0.25) is 0 Å². The number of rotatable bonds is 3. The molecule has 6 nitrogen and oxygen atoms in total. The lowest BCUT2D eigenvalue weighted by atomic mass is 10.0. The van der Waals surface area contributed by atoms with Crippen molar-refractivity contribution in [1.82, 2.24) is 8.61 Å². The highest BCUT2D eigenvalue weighted by molar-refractivity contribution is 7.86. The van der Waals surface area contributed by atoms with E-state index in [0.29, 0.717) is 38.6 Å². The molecule has 2 aliphatic heterocycles. The van der Waals surface area contributed by atoms with Gasteiger partial charge in [0.25, 0.3) is 10.2 Å². The molecular formula is C12H25N3O3S. The van der Waals surface area contributed by atoms with Crippen LogP contribution in [0.25, 0.3) is 0 Å². The summed E-state index contributed by atoms with van der Waals surface area (Å²) in [4.78, 5) is 0. The zero-order valence-corrected chi connectivity index (χ0v) is 12.6. The molecule has 19 heavy (non-hydrogen) atoms. The van der Waals surface area contributed by atoms with E-state index in [0.717, 1.165) is 12.8 Å². The second-order valence-corrected chi connectivity index (χ2v) is 7.66. The summed E-state index contributed by atoms with van der Waals surface area (Å²) in [5.41, 5.74) is 5.61. The van der Waals surface area contributed by atoms with Gasteiger partial charge in [-0.2, -0.15) is 17.0 Å². The van der Waals surface area contributed by atoms with Crippen LogP contribution in [0, 0.1) is 5.92 Å². The van der Waals surface area contributed by atoms with Crippen molar-refractivity contribution in [2.24, 2.45) is 11.7 Å². The first-order valence-electron chi connectivity index (χ1n) is 7.04. The minimum Gasteiger partial charge on any atom is -0.371 e. The van der Waals surface area contributed by atoms with Gasteiger partial charge in [0, 0.05) is 32.7 Å². The lowest BCUT2D eigenvalue weighted by Crippen LogP contribution is -2.56. The van der Waals surface area contributed by atoms with Crippen molar-refractivity contribution in [3.63, 3.8) is 0 Å². The molecule has 3 atom stereocenters. The summed E-state index contributed by atoms with van der Waals surface area (Å²) in [5, 5.41) is 0. The van der Waals surface area contributed by atoms with Gasteiger partial charge in [0.2, 0.25) is 0 Å². The van der Waals surface area contributed by atoms with Crippen molar-refractivity contribution in [1.29, 1.82) is 0 Å². The number of nitrogens with two attached hydrogens (primary N) is 1. The Balaban J connectivity index is 2.09. The summed E-state index contributed by atoms with van der Waals surface area (Å²) >= 11 is 0. The van der Waals surface area contributed by atoms with Gasteiger partial charge >= 0.3 is 0 Å². The Hall–Kier alpha value is -0.210. The SMILES string of the molecule is CC1CCCN(S(=O)(=O)N2CC(C)OC(CN)C2)C1. The largest absolute Gasteiger partial charge is 0.371 e. The molecule has 0 saturated carbocycles. The molecule has 0 radical (unpaired) electrons. The lowest BCUT2D eigenvalue weighted by molar-refractivity contribution is -0.0501. The van der Waals surface area contributed by atoms with Crippen LogP contribution in [0.2, 0.25) is 0 Å². The molecule has 2 saturated heterocycles. The summed E-state index contributed by atoms with van der Waals surface area (Å²) < 4.78 is 34.1. The van der Waals surface area contributed by atoms with Gasteiger partial charge in [0.05, 0.1) is 12.2 Å². The average Bonchev–Trinajstić information content (AvgIpc) is 2.38. The molecule has 2 N–H and O–H groups in total. The Kier molecular flexibility index (Phi) is 4.84. The van der Waals surface area contributed by atoms with E-state index < -0.39 is 10.2 Å². The number of hydrogen-bond donors (Lipinski definition) is 1. The highest BCUT2D eigenvalue weighted by Crippen LogP contribution is 2.23. The first-order chi connectivity index (χ1) is 8.93. The molecule has 2 aliphatic rings. The molecule has 0 aromatic heterocycles. The normalized spacial score (nSPS) is 35.4. The Morgan fingerprint density at radius 2 is 1.95 bits per heavy atom. The second kappa shape index (κ2) is 6.05. The van der Waals surface area contributed by atoms with Crippen LogP contribution in [0.15, 0.2) is 0 Å². The molecule has 0 bridgehead atoms. The Morgan fingerprint density at radius 1 is 1.21 bits per heavy atom.